The first-order valence-corrected chi connectivity index (χ1v) is 7.71. The van der Waals surface area contributed by atoms with Crippen molar-refractivity contribution < 1.29 is 0 Å². The summed E-state index contributed by atoms with van der Waals surface area (Å²) >= 11 is 0. The van der Waals surface area contributed by atoms with E-state index >= 15 is 0 Å². The summed E-state index contributed by atoms with van der Waals surface area (Å²) in [4.78, 5) is 2.61. The summed E-state index contributed by atoms with van der Waals surface area (Å²) in [6, 6.07) is 9.70. The van der Waals surface area contributed by atoms with Gasteiger partial charge in [-0.05, 0) is 35.8 Å². The molecular formula is C17H26N2. The third-order valence-electron chi connectivity index (χ3n) is 4.76. The molecule has 0 amide bonds. The van der Waals surface area contributed by atoms with E-state index in [2.05, 4.69) is 48.3 Å². The van der Waals surface area contributed by atoms with Crippen molar-refractivity contribution in [2.75, 3.05) is 13.1 Å². The second-order valence-electron chi connectivity index (χ2n) is 6.73. The van der Waals surface area contributed by atoms with Gasteiger partial charge in [0.2, 0.25) is 0 Å². The Morgan fingerprint density at radius 3 is 2.37 bits per heavy atom. The van der Waals surface area contributed by atoms with Crippen molar-refractivity contribution in [2.45, 2.75) is 52.2 Å². The fraction of sp³-hybridized carbons (Fsp3) is 0.647. The maximum absolute atomic E-state index is 3.72. The number of rotatable bonds is 6. The van der Waals surface area contributed by atoms with Crippen molar-refractivity contribution in [2.24, 2.45) is 5.41 Å². The van der Waals surface area contributed by atoms with Crippen LogP contribution in [-0.2, 0) is 13.1 Å². The Labute approximate surface area is 117 Å². The van der Waals surface area contributed by atoms with Crippen molar-refractivity contribution >= 4 is 0 Å². The van der Waals surface area contributed by atoms with Gasteiger partial charge in [-0.25, -0.2) is 0 Å². The molecule has 1 N–H and O–H groups in total. The van der Waals surface area contributed by atoms with Gasteiger partial charge in [0.05, 0.1) is 0 Å². The largest absolute Gasteiger partial charge is 0.313 e. The molecule has 1 heterocycles. The van der Waals surface area contributed by atoms with Gasteiger partial charge in [-0.3, -0.25) is 4.90 Å². The van der Waals surface area contributed by atoms with Crippen molar-refractivity contribution in [1.82, 2.24) is 10.2 Å². The SMILES string of the molecule is CCC(C)(CNC1CC1)CN1Cc2ccccc2C1. The highest BCUT2D eigenvalue weighted by Crippen LogP contribution is 2.29. The van der Waals surface area contributed by atoms with Crippen LogP contribution in [0.5, 0.6) is 0 Å². The van der Waals surface area contributed by atoms with Gasteiger partial charge in [0, 0.05) is 32.2 Å². The second-order valence-corrected chi connectivity index (χ2v) is 6.73. The van der Waals surface area contributed by atoms with Crippen LogP contribution >= 0.6 is 0 Å². The third-order valence-corrected chi connectivity index (χ3v) is 4.76. The average molecular weight is 258 g/mol. The quantitative estimate of drug-likeness (QED) is 0.843. The maximum Gasteiger partial charge on any atom is 0.0240 e. The average Bonchev–Trinajstić information content (AvgIpc) is 3.16. The lowest BCUT2D eigenvalue weighted by Gasteiger charge is -2.33. The van der Waals surface area contributed by atoms with Crippen molar-refractivity contribution in [1.29, 1.82) is 0 Å². The fourth-order valence-corrected chi connectivity index (χ4v) is 3.03. The summed E-state index contributed by atoms with van der Waals surface area (Å²) in [5.41, 5.74) is 3.46. The molecule has 1 aromatic rings. The number of nitrogens with zero attached hydrogens (tertiary/aromatic N) is 1. The molecule has 1 atom stereocenters. The highest BCUT2D eigenvalue weighted by atomic mass is 15.2. The number of fused-ring (bicyclic) bond motifs is 1. The molecule has 1 saturated carbocycles. The van der Waals surface area contributed by atoms with Gasteiger partial charge in [-0.2, -0.15) is 0 Å². The number of nitrogens with one attached hydrogen (secondary N) is 1. The van der Waals surface area contributed by atoms with Gasteiger partial charge in [0.15, 0.2) is 0 Å². The van der Waals surface area contributed by atoms with Crippen molar-refractivity contribution in [3.63, 3.8) is 0 Å². The zero-order valence-corrected chi connectivity index (χ0v) is 12.3. The second kappa shape index (κ2) is 5.26. The summed E-state index contributed by atoms with van der Waals surface area (Å²) in [6.07, 6.45) is 4.02. The van der Waals surface area contributed by atoms with Crippen LogP contribution in [-0.4, -0.2) is 24.0 Å². The van der Waals surface area contributed by atoms with E-state index in [9.17, 15) is 0 Å². The molecule has 19 heavy (non-hydrogen) atoms. The monoisotopic (exact) mass is 258 g/mol. The standard InChI is InChI=1S/C17H26N2/c1-3-17(2,12-18-16-8-9-16)13-19-10-14-6-4-5-7-15(14)11-19/h4-7,16,18H,3,8-13H2,1-2H3. The van der Waals surface area contributed by atoms with E-state index in [1.807, 2.05) is 0 Å². The molecule has 0 spiro atoms. The lowest BCUT2D eigenvalue weighted by molar-refractivity contribution is 0.154. The van der Waals surface area contributed by atoms with Gasteiger partial charge in [-0.1, -0.05) is 38.1 Å². The fourth-order valence-electron chi connectivity index (χ4n) is 3.03. The minimum atomic E-state index is 0.407. The zero-order valence-electron chi connectivity index (χ0n) is 12.3. The molecule has 0 saturated heterocycles. The number of hydrogen-bond acceptors (Lipinski definition) is 2. The highest BCUT2D eigenvalue weighted by Gasteiger charge is 2.30. The van der Waals surface area contributed by atoms with Gasteiger partial charge in [0.25, 0.3) is 0 Å². The molecular weight excluding hydrogens is 232 g/mol. The van der Waals surface area contributed by atoms with Crippen LogP contribution in [0.1, 0.15) is 44.2 Å². The van der Waals surface area contributed by atoms with E-state index < -0.39 is 0 Å². The molecule has 2 aliphatic rings. The van der Waals surface area contributed by atoms with Gasteiger partial charge in [-0.15, -0.1) is 0 Å². The molecule has 1 fully saturated rings. The van der Waals surface area contributed by atoms with E-state index in [-0.39, 0.29) is 0 Å². The number of benzene rings is 1. The summed E-state index contributed by atoms with van der Waals surface area (Å²) in [6.45, 7) is 9.41. The lowest BCUT2D eigenvalue weighted by atomic mass is 9.86. The molecule has 1 aromatic carbocycles. The summed E-state index contributed by atoms with van der Waals surface area (Å²) in [7, 11) is 0. The van der Waals surface area contributed by atoms with E-state index in [1.54, 1.807) is 0 Å². The summed E-state index contributed by atoms with van der Waals surface area (Å²) in [5.74, 6) is 0. The minimum absolute atomic E-state index is 0.407. The van der Waals surface area contributed by atoms with Gasteiger partial charge >= 0.3 is 0 Å². The lowest BCUT2D eigenvalue weighted by Crippen LogP contribution is -2.41. The van der Waals surface area contributed by atoms with Crippen LogP contribution in [0.25, 0.3) is 0 Å². The molecule has 1 unspecified atom stereocenters. The first kappa shape index (κ1) is 13.1. The highest BCUT2D eigenvalue weighted by molar-refractivity contribution is 5.30. The van der Waals surface area contributed by atoms with Crippen molar-refractivity contribution in [3.8, 4) is 0 Å². The van der Waals surface area contributed by atoms with Crippen LogP contribution in [0, 0.1) is 5.41 Å². The van der Waals surface area contributed by atoms with E-state index in [0.29, 0.717) is 5.41 Å². The maximum atomic E-state index is 3.72. The normalized spacial score (nSPS) is 22.2. The van der Waals surface area contributed by atoms with Crippen LogP contribution in [0.2, 0.25) is 0 Å². The van der Waals surface area contributed by atoms with Crippen LogP contribution in [0.3, 0.4) is 0 Å². The Morgan fingerprint density at radius 1 is 1.21 bits per heavy atom. The predicted octanol–water partition coefficient (Wildman–Crippen LogP) is 3.17. The topological polar surface area (TPSA) is 15.3 Å². The molecule has 0 aromatic heterocycles. The zero-order chi connectivity index (χ0) is 13.3. The Kier molecular flexibility index (Phi) is 3.64. The summed E-state index contributed by atoms with van der Waals surface area (Å²) in [5, 5.41) is 3.72. The Morgan fingerprint density at radius 2 is 1.84 bits per heavy atom. The van der Waals surface area contributed by atoms with Crippen molar-refractivity contribution in [3.05, 3.63) is 35.4 Å². The molecule has 1 aliphatic carbocycles. The first-order chi connectivity index (χ1) is 9.18. The van der Waals surface area contributed by atoms with E-state index in [4.69, 9.17) is 0 Å². The smallest absolute Gasteiger partial charge is 0.0240 e. The Bertz CT molecular complexity index is 414. The van der Waals surface area contributed by atoms with Crippen LogP contribution in [0.15, 0.2) is 24.3 Å². The molecule has 3 rings (SSSR count). The Hall–Kier alpha value is -0.860. The van der Waals surface area contributed by atoms with Gasteiger partial charge in [0.1, 0.15) is 0 Å². The van der Waals surface area contributed by atoms with E-state index in [0.717, 1.165) is 19.1 Å². The molecule has 2 heteroatoms. The van der Waals surface area contributed by atoms with Crippen LogP contribution < -0.4 is 5.32 Å². The first-order valence-electron chi connectivity index (χ1n) is 7.71. The molecule has 0 bridgehead atoms. The molecule has 104 valence electrons. The Balaban J connectivity index is 1.57. The van der Waals surface area contributed by atoms with Gasteiger partial charge < -0.3 is 5.32 Å². The molecule has 0 radical (unpaired) electrons. The number of hydrogen-bond donors (Lipinski definition) is 1. The van der Waals surface area contributed by atoms with E-state index in [1.165, 1.54) is 43.5 Å². The predicted molar refractivity (Wildman–Crippen MR) is 80.0 cm³/mol. The summed E-state index contributed by atoms with van der Waals surface area (Å²) < 4.78 is 0. The van der Waals surface area contributed by atoms with Crippen LogP contribution in [0.4, 0.5) is 0 Å². The third kappa shape index (κ3) is 3.18. The molecule has 1 aliphatic heterocycles. The molecule has 2 nitrogen and oxygen atoms in total. The minimum Gasteiger partial charge on any atom is -0.313 e.